The molecule has 2 nitrogen and oxygen atoms in total. The number of rotatable bonds is 4. The maximum absolute atomic E-state index is 13.1. The molecule has 0 aliphatic heterocycles. The van der Waals surface area contributed by atoms with Crippen LogP contribution in [0.2, 0.25) is 0 Å². The number of halogens is 2. The van der Waals surface area contributed by atoms with Crippen LogP contribution in [0.3, 0.4) is 0 Å². The first-order valence-electron chi connectivity index (χ1n) is 5.21. The van der Waals surface area contributed by atoms with Gasteiger partial charge >= 0.3 is 0 Å². The molecule has 16 heavy (non-hydrogen) atoms. The molecule has 0 saturated heterocycles. The quantitative estimate of drug-likeness (QED) is 0.780. The van der Waals surface area contributed by atoms with E-state index in [1.54, 1.807) is 17.9 Å². The molecule has 0 aromatic heterocycles. The average Bonchev–Trinajstić information content (AvgIpc) is 2.28. The van der Waals surface area contributed by atoms with E-state index in [1.807, 2.05) is 6.92 Å². The summed E-state index contributed by atoms with van der Waals surface area (Å²) >= 11 is 3.30. The van der Waals surface area contributed by atoms with Crippen molar-refractivity contribution in [1.29, 1.82) is 0 Å². The molecular formula is C12H15BrFNO. The van der Waals surface area contributed by atoms with Crippen LogP contribution in [0.5, 0.6) is 0 Å². The van der Waals surface area contributed by atoms with E-state index in [1.165, 1.54) is 12.1 Å². The van der Waals surface area contributed by atoms with Crippen molar-refractivity contribution in [2.24, 2.45) is 0 Å². The maximum atomic E-state index is 13.1. The van der Waals surface area contributed by atoms with Gasteiger partial charge in [-0.3, -0.25) is 4.79 Å². The molecule has 88 valence electrons. The number of carbonyl (C=O) groups excluding carboxylic acids is 1. The van der Waals surface area contributed by atoms with E-state index >= 15 is 0 Å². The Morgan fingerprint density at radius 2 is 2.19 bits per heavy atom. The fraction of sp³-hybridized carbons (Fsp3) is 0.417. The van der Waals surface area contributed by atoms with Gasteiger partial charge in [0.2, 0.25) is 0 Å². The Kier molecular flexibility index (Phi) is 4.93. The number of carbonyl (C=O) groups is 1. The highest BCUT2D eigenvalue weighted by atomic mass is 79.9. The minimum Gasteiger partial charge on any atom is -0.338 e. The van der Waals surface area contributed by atoms with Gasteiger partial charge < -0.3 is 4.90 Å². The summed E-state index contributed by atoms with van der Waals surface area (Å²) in [6, 6.07) is 4.46. The highest BCUT2D eigenvalue weighted by Crippen LogP contribution is 2.11. The number of benzene rings is 1. The summed E-state index contributed by atoms with van der Waals surface area (Å²) in [6.07, 6.45) is 0. The van der Waals surface area contributed by atoms with Crippen LogP contribution in [-0.2, 0) is 0 Å². The molecule has 0 unspecified atom stereocenters. The van der Waals surface area contributed by atoms with E-state index in [-0.39, 0.29) is 11.7 Å². The van der Waals surface area contributed by atoms with Crippen molar-refractivity contribution in [1.82, 2.24) is 4.90 Å². The van der Waals surface area contributed by atoms with Crippen molar-refractivity contribution >= 4 is 21.8 Å². The Balaban J connectivity index is 2.90. The number of hydrogen-bond donors (Lipinski definition) is 0. The summed E-state index contributed by atoms with van der Waals surface area (Å²) in [5.41, 5.74) is 1.04. The first-order chi connectivity index (χ1) is 7.60. The lowest BCUT2D eigenvalue weighted by Gasteiger charge is -2.19. The molecule has 0 heterocycles. The van der Waals surface area contributed by atoms with Crippen molar-refractivity contribution in [3.63, 3.8) is 0 Å². The van der Waals surface area contributed by atoms with E-state index in [4.69, 9.17) is 0 Å². The minimum absolute atomic E-state index is 0.0509. The second-order valence-electron chi connectivity index (χ2n) is 3.54. The summed E-state index contributed by atoms with van der Waals surface area (Å²) < 4.78 is 13.1. The molecule has 0 spiro atoms. The van der Waals surface area contributed by atoms with Crippen LogP contribution in [0.25, 0.3) is 0 Å². The summed E-state index contributed by atoms with van der Waals surface area (Å²) in [5.74, 6) is -0.329. The van der Waals surface area contributed by atoms with Gasteiger partial charge in [0.1, 0.15) is 5.82 Å². The maximum Gasteiger partial charge on any atom is 0.253 e. The minimum atomic E-state index is -0.278. The van der Waals surface area contributed by atoms with E-state index in [9.17, 15) is 9.18 Å². The Labute approximate surface area is 104 Å². The second-order valence-corrected chi connectivity index (χ2v) is 4.33. The largest absolute Gasteiger partial charge is 0.338 e. The molecule has 1 amide bonds. The van der Waals surface area contributed by atoms with Gasteiger partial charge in [-0.2, -0.15) is 0 Å². The van der Waals surface area contributed by atoms with Crippen LogP contribution < -0.4 is 0 Å². The molecule has 1 aromatic carbocycles. The predicted molar refractivity (Wildman–Crippen MR) is 66.5 cm³/mol. The molecule has 0 aliphatic carbocycles. The van der Waals surface area contributed by atoms with Crippen molar-refractivity contribution < 1.29 is 9.18 Å². The fourth-order valence-corrected chi connectivity index (χ4v) is 1.89. The lowest BCUT2D eigenvalue weighted by Crippen LogP contribution is -2.32. The SMILES string of the molecule is CCN(CCBr)C(=O)c1ccc(F)c(C)c1. The molecule has 0 fully saturated rings. The van der Waals surface area contributed by atoms with Crippen molar-refractivity contribution in [2.75, 3.05) is 18.4 Å². The molecule has 4 heteroatoms. The van der Waals surface area contributed by atoms with Crippen LogP contribution in [0.1, 0.15) is 22.8 Å². The van der Waals surface area contributed by atoms with Crippen LogP contribution in [0.4, 0.5) is 4.39 Å². The monoisotopic (exact) mass is 287 g/mol. The zero-order valence-electron chi connectivity index (χ0n) is 9.46. The lowest BCUT2D eigenvalue weighted by atomic mass is 10.1. The molecule has 1 aromatic rings. The van der Waals surface area contributed by atoms with Gasteiger partial charge in [-0.1, -0.05) is 15.9 Å². The van der Waals surface area contributed by atoms with Gasteiger partial charge in [0, 0.05) is 24.0 Å². The number of alkyl halides is 1. The summed E-state index contributed by atoms with van der Waals surface area (Å²) in [4.78, 5) is 13.7. The fourth-order valence-electron chi connectivity index (χ4n) is 1.47. The zero-order valence-corrected chi connectivity index (χ0v) is 11.1. The van der Waals surface area contributed by atoms with Gasteiger partial charge in [0.05, 0.1) is 0 Å². The normalized spacial score (nSPS) is 10.2. The van der Waals surface area contributed by atoms with E-state index in [2.05, 4.69) is 15.9 Å². The van der Waals surface area contributed by atoms with Crippen molar-refractivity contribution in [3.05, 3.63) is 35.1 Å². The van der Waals surface area contributed by atoms with Crippen LogP contribution in [0.15, 0.2) is 18.2 Å². The van der Waals surface area contributed by atoms with Gasteiger partial charge in [-0.05, 0) is 37.6 Å². The number of aryl methyl sites for hydroxylation is 1. The molecule has 0 N–H and O–H groups in total. The van der Waals surface area contributed by atoms with E-state index in [0.29, 0.717) is 24.2 Å². The van der Waals surface area contributed by atoms with Gasteiger partial charge in [0.15, 0.2) is 0 Å². The number of amides is 1. The molecular weight excluding hydrogens is 273 g/mol. The summed E-state index contributed by atoms with van der Waals surface area (Å²) in [6.45, 7) is 4.90. The van der Waals surface area contributed by atoms with E-state index in [0.717, 1.165) is 5.33 Å². The second kappa shape index (κ2) is 5.99. The highest BCUT2D eigenvalue weighted by Gasteiger charge is 2.14. The Bertz CT molecular complexity index is 381. The van der Waals surface area contributed by atoms with Crippen molar-refractivity contribution in [3.8, 4) is 0 Å². The third kappa shape index (κ3) is 3.04. The Hall–Kier alpha value is -0.900. The van der Waals surface area contributed by atoms with Gasteiger partial charge in [-0.15, -0.1) is 0 Å². The molecule has 0 atom stereocenters. The molecule has 0 bridgehead atoms. The molecule has 0 radical (unpaired) electrons. The Morgan fingerprint density at radius 3 is 2.69 bits per heavy atom. The standard InChI is InChI=1S/C12H15BrFNO/c1-3-15(7-6-13)12(16)10-4-5-11(14)9(2)8-10/h4-5,8H,3,6-7H2,1-2H3. The first-order valence-corrected chi connectivity index (χ1v) is 6.33. The number of nitrogens with zero attached hydrogens (tertiary/aromatic N) is 1. The third-order valence-corrected chi connectivity index (χ3v) is 2.78. The van der Waals surface area contributed by atoms with E-state index < -0.39 is 0 Å². The van der Waals surface area contributed by atoms with Crippen LogP contribution in [0, 0.1) is 12.7 Å². The summed E-state index contributed by atoms with van der Waals surface area (Å²) in [5, 5.41) is 0.743. The highest BCUT2D eigenvalue weighted by molar-refractivity contribution is 9.09. The molecule has 0 aliphatic rings. The van der Waals surface area contributed by atoms with Crippen molar-refractivity contribution in [2.45, 2.75) is 13.8 Å². The predicted octanol–water partition coefficient (Wildman–Crippen LogP) is 2.99. The third-order valence-electron chi connectivity index (χ3n) is 2.43. The average molecular weight is 288 g/mol. The van der Waals surface area contributed by atoms with Crippen LogP contribution in [-0.4, -0.2) is 29.2 Å². The van der Waals surface area contributed by atoms with Gasteiger partial charge in [0.25, 0.3) is 5.91 Å². The molecule has 1 rings (SSSR count). The lowest BCUT2D eigenvalue weighted by molar-refractivity contribution is 0.0775. The van der Waals surface area contributed by atoms with Crippen LogP contribution >= 0.6 is 15.9 Å². The van der Waals surface area contributed by atoms with Gasteiger partial charge in [-0.25, -0.2) is 4.39 Å². The summed E-state index contributed by atoms with van der Waals surface area (Å²) in [7, 11) is 0. The number of hydrogen-bond acceptors (Lipinski definition) is 1. The smallest absolute Gasteiger partial charge is 0.253 e. The zero-order chi connectivity index (χ0) is 12.1. The molecule has 0 saturated carbocycles. The Morgan fingerprint density at radius 1 is 1.50 bits per heavy atom. The first kappa shape index (κ1) is 13.2. The topological polar surface area (TPSA) is 20.3 Å².